The third-order valence-electron chi connectivity index (χ3n) is 3.71. The van der Waals surface area contributed by atoms with Crippen molar-refractivity contribution in [1.82, 2.24) is 0 Å². The van der Waals surface area contributed by atoms with E-state index < -0.39 is 12.3 Å². The van der Waals surface area contributed by atoms with Gasteiger partial charge in [0.25, 0.3) is 0 Å². The van der Waals surface area contributed by atoms with Crippen LogP contribution in [-0.4, -0.2) is 23.1 Å². The number of carbonyl (C=O) groups is 2. The molecule has 0 spiro atoms. The summed E-state index contributed by atoms with van der Waals surface area (Å²) in [5.41, 5.74) is 4.02. The molecule has 0 saturated carbocycles. The third-order valence-corrected chi connectivity index (χ3v) is 3.71. The van der Waals surface area contributed by atoms with Crippen LogP contribution in [0.15, 0.2) is 46.6 Å². The van der Waals surface area contributed by atoms with Crippen molar-refractivity contribution in [3.05, 3.63) is 46.6 Å². The number of ketones is 1. The second-order valence-electron chi connectivity index (χ2n) is 6.55. The van der Waals surface area contributed by atoms with Crippen LogP contribution >= 0.6 is 0 Å². The van der Waals surface area contributed by atoms with Crippen molar-refractivity contribution in [3.63, 3.8) is 0 Å². The lowest BCUT2D eigenvalue weighted by molar-refractivity contribution is -0.151. The van der Waals surface area contributed by atoms with Crippen LogP contribution in [0.3, 0.4) is 0 Å². The second kappa shape index (κ2) is 10.0. The van der Waals surface area contributed by atoms with Crippen molar-refractivity contribution >= 4 is 11.8 Å². The molecule has 0 aromatic carbocycles. The van der Waals surface area contributed by atoms with E-state index in [1.165, 1.54) is 11.6 Å². The highest BCUT2D eigenvalue weighted by molar-refractivity contribution is 5.91. The number of aliphatic hydroxyl groups excluding tert-OH is 1. The van der Waals surface area contributed by atoms with E-state index in [1.54, 1.807) is 6.08 Å². The van der Waals surface area contributed by atoms with Crippen LogP contribution in [0.4, 0.5) is 0 Å². The molecule has 1 aliphatic heterocycles. The van der Waals surface area contributed by atoms with Crippen LogP contribution in [0.25, 0.3) is 0 Å². The van der Waals surface area contributed by atoms with Gasteiger partial charge in [0.2, 0.25) is 6.29 Å². The predicted molar refractivity (Wildman–Crippen MR) is 95.2 cm³/mol. The fraction of sp³-hybridized carbons (Fsp3) is 0.500. The molecule has 1 aliphatic rings. The van der Waals surface area contributed by atoms with Crippen molar-refractivity contribution in [2.45, 2.75) is 66.1 Å². The van der Waals surface area contributed by atoms with Gasteiger partial charge in [-0.3, -0.25) is 4.79 Å². The minimum absolute atomic E-state index is 0.149. The van der Waals surface area contributed by atoms with Gasteiger partial charge in [-0.15, -0.1) is 0 Å². The van der Waals surface area contributed by atoms with Crippen molar-refractivity contribution in [3.8, 4) is 0 Å². The summed E-state index contributed by atoms with van der Waals surface area (Å²) in [6.45, 7) is 7.90. The SMILES string of the molecule is CC(C)=CC(=O)CC(C)=CCCC(C)=CCCC1=CC(=O)OC1O. The molecule has 0 radical (unpaired) electrons. The lowest BCUT2D eigenvalue weighted by Crippen LogP contribution is -2.09. The summed E-state index contributed by atoms with van der Waals surface area (Å²) in [4.78, 5) is 22.7. The first-order valence-corrected chi connectivity index (χ1v) is 8.36. The van der Waals surface area contributed by atoms with E-state index in [1.807, 2.05) is 20.8 Å². The van der Waals surface area contributed by atoms with Crippen LogP contribution in [0.1, 0.15) is 59.8 Å². The molecule has 4 nitrogen and oxygen atoms in total. The Labute approximate surface area is 144 Å². The van der Waals surface area contributed by atoms with E-state index in [9.17, 15) is 14.7 Å². The van der Waals surface area contributed by atoms with Gasteiger partial charge in [0, 0.05) is 18.1 Å². The van der Waals surface area contributed by atoms with Gasteiger partial charge in [-0.2, -0.15) is 0 Å². The van der Waals surface area contributed by atoms with Crippen molar-refractivity contribution < 1.29 is 19.4 Å². The highest BCUT2D eigenvalue weighted by Gasteiger charge is 2.22. The molecule has 0 aliphatic carbocycles. The minimum Gasteiger partial charge on any atom is -0.429 e. The molecule has 0 fully saturated rings. The van der Waals surface area contributed by atoms with Crippen molar-refractivity contribution in [2.24, 2.45) is 0 Å². The molecule has 1 unspecified atom stereocenters. The minimum atomic E-state index is -1.07. The number of hydrogen-bond donors (Lipinski definition) is 1. The number of ether oxygens (including phenoxy) is 1. The van der Waals surface area contributed by atoms with E-state index in [-0.39, 0.29) is 5.78 Å². The molecule has 0 saturated heterocycles. The molecule has 1 N–H and O–H groups in total. The topological polar surface area (TPSA) is 63.6 Å². The first-order valence-electron chi connectivity index (χ1n) is 8.36. The molecule has 24 heavy (non-hydrogen) atoms. The van der Waals surface area contributed by atoms with Gasteiger partial charge in [-0.05, 0) is 59.5 Å². The zero-order valence-corrected chi connectivity index (χ0v) is 15.1. The van der Waals surface area contributed by atoms with Crippen LogP contribution in [-0.2, 0) is 14.3 Å². The first-order chi connectivity index (χ1) is 11.3. The summed E-state index contributed by atoms with van der Waals surface area (Å²) in [7, 11) is 0. The fourth-order valence-corrected chi connectivity index (χ4v) is 2.49. The number of aliphatic hydroxyl groups is 1. The molecular formula is C20H28O4. The standard InChI is InChI=1S/C20H28O4/c1-14(2)11-18(21)12-16(4)9-5-7-15(3)8-6-10-17-13-19(22)24-20(17)23/h8-9,11,13,20,23H,5-7,10,12H2,1-4H3. The van der Waals surface area contributed by atoms with Crippen molar-refractivity contribution in [1.29, 1.82) is 0 Å². The predicted octanol–water partition coefficient (Wildman–Crippen LogP) is 4.17. The largest absolute Gasteiger partial charge is 0.429 e. The zero-order chi connectivity index (χ0) is 18.1. The number of hydrogen-bond acceptors (Lipinski definition) is 4. The van der Waals surface area contributed by atoms with E-state index in [2.05, 4.69) is 23.8 Å². The van der Waals surface area contributed by atoms with Gasteiger partial charge in [0.05, 0.1) is 0 Å². The maximum Gasteiger partial charge on any atom is 0.333 e. The smallest absolute Gasteiger partial charge is 0.333 e. The number of allylic oxidation sites excluding steroid dienone is 6. The monoisotopic (exact) mass is 332 g/mol. The molecule has 132 valence electrons. The molecule has 1 atom stereocenters. The Morgan fingerprint density at radius 2 is 1.83 bits per heavy atom. The molecule has 0 bridgehead atoms. The average molecular weight is 332 g/mol. The Morgan fingerprint density at radius 1 is 1.17 bits per heavy atom. The fourth-order valence-electron chi connectivity index (χ4n) is 2.49. The third kappa shape index (κ3) is 8.06. The van der Waals surface area contributed by atoms with Crippen LogP contribution in [0.2, 0.25) is 0 Å². The maximum atomic E-state index is 11.7. The second-order valence-corrected chi connectivity index (χ2v) is 6.55. The molecule has 0 amide bonds. The van der Waals surface area contributed by atoms with Crippen molar-refractivity contribution in [2.75, 3.05) is 0 Å². The Hall–Kier alpha value is -1.94. The summed E-state index contributed by atoms with van der Waals surface area (Å²) in [6.07, 6.45) is 9.92. The van der Waals surface area contributed by atoms with Gasteiger partial charge in [0.15, 0.2) is 5.78 Å². The molecule has 0 aromatic heterocycles. The Bertz CT molecular complexity index is 587. The normalized spacial score (nSPS) is 18.3. The van der Waals surface area contributed by atoms with Gasteiger partial charge in [-0.1, -0.05) is 28.9 Å². The zero-order valence-electron chi connectivity index (χ0n) is 15.1. The van der Waals surface area contributed by atoms with E-state index >= 15 is 0 Å². The molecule has 0 aromatic rings. The van der Waals surface area contributed by atoms with Crippen LogP contribution in [0.5, 0.6) is 0 Å². The number of esters is 1. The lowest BCUT2D eigenvalue weighted by atomic mass is 10.0. The molecule has 1 heterocycles. The Balaban J connectivity index is 2.32. The van der Waals surface area contributed by atoms with E-state index in [0.717, 1.165) is 30.4 Å². The molecule has 1 rings (SSSR count). The number of rotatable bonds is 9. The summed E-state index contributed by atoms with van der Waals surface area (Å²) in [5.74, 6) is -0.322. The van der Waals surface area contributed by atoms with Gasteiger partial charge < -0.3 is 9.84 Å². The molecular weight excluding hydrogens is 304 g/mol. The summed E-state index contributed by atoms with van der Waals surface area (Å²) >= 11 is 0. The van der Waals surface area contributed by atoms with Gasteiger partial charge in [-0.25, -0.2) is 4.79 Å². The van der Waals surface area contributed by atoms with Crippen LogP contribution in [0, 0.1) is 0 Å². The summed E-state index contributed by atoms with van der Waals surface area (Å²) in [6, 6.07) is 0. The van der Waals surface area contributed by atoms with Gasteiger partial charge >= 0.3 is 5.97 Å². The van der Waals surface area contributed by atoms with E-state index in [0.29, 0.717) is 18.4 Å². The average Bonchev–Trinajstić information content (AvgIpc) is 2.75. The number of cyclic esters (lactones) is 1. The van der Waals surface area contributed by atoms with Gasteiger partial charge in [0.1, 0.15) is 0 Å². The highest BCUT2D eigenvalue weighted by atomic mass is 16.6. The Morgan fingerprint density at radius 3 is 2.42 bits per heavy atom. The molecule has 4 heteroatoms. The highest BCUT2D eigenvalue weighted by Crippen LogP contribution is 2.19. The maximum absolute atomic E-state index is 11.7. The first kappa shape index (κ1) is 20.1. The summed E-state index contributed by atoms with van der Waals surface area (Å²) < 4.78 is 4.64. The quantitative estimate of drug-likeness (QED) is 0.391. The summed E-state index contributed by atoms with van der Waals surface area (Å²) in [5, 5.41) is 9.48. The lowest BCUT2D eigenvalue weighted by Gasteiger charge is -2.06. The van der Waals surface area contributed by atoms with Crippen LogP contribution < -0.4 is 0 Å². The van der Waals surface area contributed by atoms with E-state index in [4.69, 9.17) is 0 Å². The number of carbonyl (C=O) groups excluding carboxylic acids is 2. The Kier molecular flexibility index (Phi) is 8.41.